The summed E-state index contributed by atoms with van der Waals surface area (Å²) >= 11 is 1.61. The molecule has 126 valence electrons. The number of thiazole rings is 1. The van der Waals surface area contributed by atoms with Crippen molar-refractivity contribution in [3.8, 4) is 6.07 Å². The van der Waals surface area contributed by atoms with Crippen molar-refractivity contribution >= 4 is 17.2 Å². The summed E-state index contributed by atoms with van der Waals surface area (Å²) in [6.45, 7) is 6.33. The second-order valence-electron chi connectivity index (χ2n) is 6.64. The van der Waals surface area contributed by atoms with Crippen molar-refractivity contribution in [3.05, 3.63) is 16.1 Å². The molecule has 6 heteroatoms. The van der Waals surface area contributed by atoms with Gasteiger partial charge < -0.3 is 5.32 Å². The van der Waals surface area contributed by atoms with E-state index < -0.39 is 5.54 Å². The molecule has 1 aromatic rings. The van der Waals surface area contributed by atoms with Crippen LogP contribution in [0.4, 0.5) is 0 Å². The van der Waals surface area contributed by atoms with Crippen molar-refractivity contribution in [2.24, 2.45) is 0 Å². The fourth-order valence-corrected chi connectivity index (χ4v) is 3.97. The van der Waals surface area contributed by atoms with Crippen LogP contribution in [-0.2, 0) is 10.3 Å². The fourth-order valence-electron chi connectivity index (χ4n) is 2.97. The van der Waals surface area contributed by atoms with E-state index in [2.05, 4.69) is 35.5 Å². The number of nitriles is 1. The Bertz CT molecular complexity index is 586. The summed E-state index contributed by atoms with van der Waals surface area (Å²) < 4.78 is 0. The van der Waals surface area contributed by atoms with E-state index >= 15 is 0 Å². The van der Waals surface area contributed by atoms with Crippen LogP contribution in [0.3, 0.4) is 0 Å². The number of aryl methyl sites for hydroxylation is 1. The van der Waals surface area contributed by atoms with Gasteiger partial charge in [-0.15, -0.1) is 11.3 Å². The molecule has 1 atom stereocenters. The number of nitrogens with one attached hydrogen (secondary N) is 2. The first-order valence-corrected chi connectivity index (χ1v) is 9.21. The molecule has 0 aliphatic heterocycles. The third kappa shape index (κ3) is 4.30. The van der Waals surface area contributed by atoms with Gasteiger partial charge in [0.25, 0.3) is 0 Å². The molecular formula is C17H26N4OS. The second-order valence-corrected chi connectivity index (χ2v) is 7.49. The van der Waals surface area contributed by atoms with Gasteiger partial charge in [0.15, 0.2) is 0 Å². The van der Waals surface area contributed by atoms with Crippen molar-refractivity contribution in [2.75, 3.05) is 6.54 Å². The average Bonchev–Trinajstić information content (AvgIpc) is 3.00. The lowest BCUT2D eigenvalue weighted by Crippen LogP contribution is -2.53. The SMILES string of the molecule is CC[C@@](C)(NCC(=O)NC1(C#N)CCCCC1)c1nc(C)cs1. The average molecular weight is 334 g/mol. The minimum absolute atomic E-state index is 0.110. The highest BCUT2D eigenvalue weighted by Gasteiger charge is 2.34. The molecule has 1 amide bonds. The number of carbonyl (C=O) groups is 1. The lowest BCUT2D eigenvalue weighted by Gasteiger charge is -2.33. The van der Waals surface area contributed by atoms with Gasteiger partial charge in [-0.2, -0.15) is 5.26 Å². The monoisotopic (exact) mass is 334 g/mol. The van der Waals surface area contributed by atoms with Crippen LogP contribution in [0.1, 0.15) is 63.1 Å². The number of amides is 1. The molecule has 23 heavy (non-hydrogen) atoms. The van der Waals surface area contributed by atoms with Crippen molar-refractivity contribution in [3.63, 3.8) is 0 Å². The summed E-state index contributed by atoms with van der Waals surface area (Å²) in [6, 6.07) is 2.32. The number of nitrogens with zero attached hydrogens (tertiary/aromatic N) is 2. The maximum absolute atomic E-state index is 12.3. The number of rotatable bonds is 6. The van der Waals surface area contributed by atoms with Gasteiger partial charge in [-0.1, -0.05) is 26.2 Å². The quantitative estimate of drug-likeness (QED) is 0.838. The van der Waals surface area contributed by atoms with E-state index in [0.717, 1.165) is 49.2 Å². The van der Waals surface area contributed by atoms with Crippen molar-refractivity contribution in [1.29, 1.82) is 5.26 Å². The van der Waals surface area contributed by atoms with Crippen LogP contribution in [0, 0.1) is 18.3 Å². The van der Waals surface area contributed by atoms with E-state index in [4.69, 9.17) is 0 Å². The Morgan fingerprint density at radius 2 is 2.17 bits per heavy atom. The van der Waals surface area contributed by atoms with E-state index in [1.54, 1.807) is 11.3 Å². The first-order chi connectivity index (χ1) is 10.9. The Hall–Kier alpha value is -1.45. The second kappa shape index (κ2) is 7.41. The third-order valence-corrected chi connectivity index (χ3v) is 5.96. The highest BCUT2D eigenvalue weighted by molar-refractivity contribution is 7.09. The Morgan fingerprint density at radius 1 is 1.48 bits per heavy atom. The summed E-state index contributed by atoms with van der Waals surface area (Å²) in [5.41, 5.74) is 0.0154. The zero-order valence-electron chi connectivity index (χ0n) is 14.2. The van der Waals surface area contributed by atoms with Crippen LogP contribution in [0.15, 0.2) is 5.38 Å². The molecule has 1 saturated carbocycles. The van der Waals surface area contributed by atoms with E-state index in [-0.39, 0.29) is 18.0 Å². The summed E-state index contributed by atoms with van der Waals surface area (Å²) in [6.07, 6.45) is 5.52. The Morgan fingerprint density at radius 3 is 2.70 bits per heavy atom. The maximum Gasteiger partial charge on any atom is 0.235 e. The molecular weight excluding hydrogens is 308 g/mol. The Labute approximate surface area is 142 Å². The number of carbonyl (C=O) groups excluding carboxylic acids is 1. The van der Waals surface area contributed by atoms with Gasteiger partial charge in [-0.05, 0) is 33.1 Å². The molecule has 5 nitrogen and oxygen atoms in total. The third-order valence-electron chi connectivity index (χ3n) is 4.74. The van der Waals surface area contributed by atoms with E-state index in [1.807, 2.05) is 12.3 Å². The molecule has 0 radical (unpaired) electrons. The lowest BCUT2D eigenvalue weighted by molar-refractivity contribution is -0.122. The largest absolute Gasteiger partial charge is 0.337 e. The van der Waals surface area contributed by atoms with Crippen molar-refractivity contribution < 1.29 is 4.79 Å². The lowest BCUT2D eigenvalue weighted by atomic mass is 9.83. The van der Waals surface area contributed by atoms with Crippen LogP contribution in [0.5, 0.6) is 0 Å². The number of hydrogen-bond donors (Lipinski definition) is 2. The predicted octanol–water partition coefficient (Wildman–Crippen LogP) is 3.01. The van der Waals surface area contributed by atoms with E-state index in [1.165, 1.54) is 0 Å². The van der Waals surface area contributed by atoms with Crippen LogP contribution >= 0.6 is 11.3 Å². The van der Waals surface area contributed by atoms with Crippen LogP contribution in [-0.4, -0.2) is 23.0 Å². The van der Waals surface area contributed by atoms with Crippen LogP contribution in [0.2, 0.25) is 0 Å². The molecule has 0 bridgehead atoms. The molecule has 2 N–H and O–H groups in total. The highest BCUT2D eigenvalue weighted by atomic mass is 32.1. The maximum atomic E-state index is 12.3. The van der Waals surface area contributed by atoms with Gasteiger partial charge in [0.2, 0.25) is 5.91 Å². The fraction of sp³-hybridized carbons (Fsp3) is 0.706. The zero-order chi connectivity index (χ0) is 16.9. The summed E-state index contributed by atoms with van der Waals surface area (Å²) in [5, 5.41) is 18.8. The molecule has 1 aromatic heterocycles. The topological polar surface area (TPSA) is 77.8 Å². The predicted molar refractivity (Wildman–Crippen MR) is 92.1 cm³/mol. The summed E-state index contributed by atoms with van der Waals surface area (Å²) in [4.78, 5) is 16.9. The smallest absolute Gasteiger partial charge is 0.235 e. The van der Waals surface area contributed by atoms with Crippen LogP contribution < -0.4 is 10.6 Å². The van der Waals surface area contributed by atoms with Gasteiger partial charge in [0.1, 0.15) is 10.5 Å². The molecule has 0 aromatic carbocycles. The molecule has 2 rings (SSSR count). The zero-order valence-corrected chi connectivity index (χ0v) is 15.1. The first kappa shape index (κ1) is 17.9. The van der Waals surface area contributed by atoms with E-state index in [9.17, 15) is 10.1 Å². The minimum atomic E-state index is -0.669. The molecule has 1 heterocycles. The normalized spacial score (nSPS) is 19.6. The highest BCUT2D eigenvalue weighted by Crippen LogP contribution is 2.28. The van der Waals surface area contributed by atoms with Gasteiger partial charge in [0.05, 0.1) is 18.2 Å². The molecule has 1 aliphatic carbocycles. The van der Waals surface area contributed by atoms with Gasteiger partial charge in [0, 0.05) is 11.1 Å². The first-order valence-electron chi connectivity index (χ1n) is 8.33. The van der Waals surface area contributed by atoms with Crippen molar-refractivity contribution in [2.45, 2.75) is 70.4 Å². The molecule has 0 saturated heterocycles. The standard InChI is InChI=1S/C17H26N4OS/c1-4-16(3,15-20-13(2)11-23-15)19-10-14(22)21-17(12-18)8-6-5-7-9-17/h11,19H,4-10H2,1-3H3,(H,21,22)/t16-/m1/s1. The molecule has 0 spiro atoms. The summed E-state index contributed by atoms with van der Waals surface area (Å²) in [7, 11) is 0. The minimum Gasteiger partial charge on any atom is -0.337 e. The molecule has 1 aliphatic rings. The van der Waals surface area contributed by atoms with Gasteiger partial charge in [-0.25, -0.2) is 4.98 Å². The van der Waals surface area contributed by atoms with Gasteiger partial charge in [-0.3, -0.25) is 10.1 Å². The molecule has 1 fully saturated rings. The van der Waals surface area contributed by atoms with Gasteiger partial charge >= 0.3 is 0 Å². The number of hydrogen-bond acceptors (Lipinski definition) is 5. The van der Waals surface area contributed by atoms with Crippen molar-refractivity contribution in [1.82, 2.24) is 15.6 Å². The Balaban J connectivity index is 1.96. The van der Waals surface area contributed by atoms with Crippen LogP contribution in [0.25, 0.3) is 0 Å². The number of aromatic nitrogens is 1. The summed E-state index contributed by atoms with van der Waals surface area (Å²) in [5.74, 6) is -0.110. The van der Waals surface area contributed by atoms with E-state index in [0.29, 0.717) is 0 Å². The molecule has 0 unspecified atom stereocenters. The Kier molecular flexibility index (Phi) is 5.77.